The first-order valence-corrected chi connectivity index (χ1v) is 9.43. The van der Waals surface area contributed by atoms with Crippen LogP contribution in [-0.2, 0) is 17.8 Å². The van der Waals surface area contributed by atoms with Gasteiger partial charge in [-0.1, -0.05) is 6.07 Å². The molecule has 6 heteroatoms. The molecule has 2 aromatic rings. The number of hydrogen-bond donors (Lipinski definition) is 2. The Morgan fingerprint density at radius 2 is 2.04 bits per heavy atom. The van der Waals surface area contributed by atoms with Crippen molar-refractivity contribution in [2.24, 2.45) is 0 Å². The Morgan fingerprint density at radius 3 is 2.76 bits per heavy atom. The fraction of sp³-hybridized carbons (Fsp3) is 0.316. The average molecular weight is 360 g/mol. The maximum Gasteiger partial charge on any atom is 0.265 e. The third-order valence-electron chi connectivity index (χ3n) is 4.21. The Bertz CT molecular complexity index is 765. The highest BCUT2D eigenvalue weighted by Gasteiger charge is 2.20. The minimum absolute atomic E-state index is 0.207. The van der Waals surface area contributed by atoms with Crippen LogP contribution in [0.5, 0.6) is 5.75 Å². The molecule has 0 fully saturated rings. The van der Waals surface area contributed by atoms with Crippen LogP contribution in [0.1, 0.15) is 18.1 Å². The maximum atomic E-state index is 14.6. The van der Waals surface area contributed by atoms with Gasteiger partial charge < -0.3 is 15.4 Å². The Hall–Kier alpha value is -2.05. The number of halogens is 1. The van der Waals surface area contributed by atoms with Crippen LogP contribution in [0.3, 0.4) is 0 Å². The minimum Gasteiger partial charge on any atom is -0.481 e. The first-order valence-electron chi connectivity index (χ1n) is 8.21. The van der Waals surface area contributed by atoms with E-state index in [0.29, 0.717) is 24.3 Å². The SMILES string of the molecule is CSc1ccc(OC(C)C(=O)Nc2ccc3c(c2F)CCNC3)cc1. The molecule has 1 aliphatic rings. The highest BCUT2D eigenvalue weighted by atomic mass is 32.2. The van der Waals surface area contributed by atoms with Gasteiger partial charge in [-0.3, -0.25) is 4.79 Å². The lowest BCUT2D eigenvalue weighted by atomic mass is 9.99. The van der Waals surface area contributed by atoms with Gasteiger partial charge in [-0.2, -0.15) is 0 Å². The van der Waals surface area contributed by atoms with E-state index in [1.165, 1.54) is 0 Å². The van der Waals surface area contributed by atoms with Gasteiger partial charge in [-0.25, -0.2) is 4.39 Å². The molecule has 0 radical (unpaired) electrons. The zero-order valence-electron chi connectivity index (χ0n) is 14.3. The van der Waals surface area contributed by atoms with E-state index < -0.39 is 6.10 Å². The van der Waals surface area contributed by atoms with Gasteiger partial charge in [-0.05, 0) is 67.6 Å². The number of ether oxygens (including phenoxy) is 1. The summed E-state index contributed by atoms with van der Waals surface area (Å²) >= 11 is 1.64. The van der Waals surface area contributed by atoms with E-state index in [0.717, 1.165) is 17.0 Å². The van der Waals surface area contributed by atoms with Crippen LogP contribution in [0.4, 0.5) is 10.1 Å². The summed E-state index contributed by atoms with van der Waals surface area (Å²) in [6.45, 7) is 3.05. The molecule has 0 spiro atoms. The number of carbonyl (C=O) groups excluding carboxylic acids is 1. The molecule has 25 heavy (non-hydrogen) atoms. The molecular formula is C19H21FN2O2S. The number of nitrogens with one attached hydrogen (secondary N) is 2. The maximum absolute atomic E-state index is 14.6. The van der Waals surface area contributed by atoms with Gasteiger partial charge in [0.05, 0.1) is 5.69 Å². The van der Waals surface area contributed by atoms with Crippen molar-refractivity contribution < 1.29 is 13.9 Å². The van der Waals surface area contributed by atoms with Crippen molar-refractivity contribution in [3.63, 3.8) is 0 Å². The largest absolute Gasteiger partial charge is 0.481 e. The van der Waals surface area contributed by atoms with Crippen molar-refractivity contribution in [2.45, 2.75) is 30.9 Å². The van der Waals surface area contributed by atoms with E-state index in [-0.39, 0.29) is 17.4 Å². The summed E-state index contributed by atoms with van der Waals surface area (Å²) in [6.07, 6.45) is 1.89. The Kier molecular flexibility index (Phi) is 5.60. The van der Waals surface area contributed by atoms with Gasteiger partial charge in [-0.15, -0.1) is 11.8 Å². The number of anilines is 1. The molecule has 1 atom stereocenters. The zero-order valence-corrected chi connectivity index (χ0v) is 15.1. The van der Waals surface area contributed by atoms with E-state index in [1.54, 1.807) is 24.8 Å². The number of carbonyl (C=O) groups is 1. The molecule has 0 aliphatic carbocycles. The number of rotatable bonds is 5. The second-order valence-electron chi connectivity index (χ2n) is 5.92. The highest BCUT2D eigenvalue weighted by molar-refractivity contribution is 7.98. The molecular weight excluding hydrogens is 339 g/mol. The minimum atomic E-state index is -0.725. The number of amides is 1. The molecule has 0 saturated heterocycles. The van der Waals surface area contributed by atoms with Crippen LogP contribution < -0.4 is 15.4 Å². The molecule has 132 valence electrons. The van der Waals surface area contributed by atoms with Crippen molar-refractivity contribution in [1.82, 2.24) is 5.32 Å². The van der Waals surface area contributed by atoms with Gasteiger partial charge >= 0.3 is 0 Å². The van der Waals surface area contributed by atoms with Crippen LogP contribution in [0.2, 0.25) is 0 Å². The summed E-state index contributed by atoms with van der Waals surface area (Å²) in [4.78, 5) is 13.5. The normalized spacial score (nSPS) is 14.5. The van der Waals surface area contributed by atoms with Crippen LogP contribution in [0.25, 0.3) is 0 Å². The quantitative estimate of drug-likeness (QED) is 0.800. The van der Waals surface area contributed by atoms with Crippen LogP contribution in [0, 0.1) is 5.82 Å². The molecule has 1 heterocycles. The van der Waals surface area contributed by atoms with Crippen LogP contribution in [-0.4, -0.2) is 24.8 Å². The monoisotopic (exact) mass is 360 g/mol. The molecule has 0 saturated carbocycles. The Labute approximate surface area is 151 Å². The molecule has 3 rings (SSSR count). The van der Waals surface area contributed by atoms with Gasteiger partial charge in [0.2, 0.25) is 0 Å². The van der Waals surface area contributed by atoms with E-state index in [9.17, 15) is 9.18 Å². The second-order valence-corrected chi connectivity index (χ2v) is 6.80. The average Bonchev–Trinajstić information content (AvgIpc) is 2.64. The van der Waals surface area contributed by atoms with Gasteiger partial charge in [0.15, 0.2) is 6.10 Å². The molecule has 1 amide bonds. The van der Waals surface area contributed by atoms with E-state index >= 15 is 0 Å². The third kappa shape index (κ3) is 4.14. The van der Waals surface area contributed by atoms with E-state index in [4.69, 9.17) is 4.74 Å². The predicted octanol–water partition coefficient (Wildman–Crippen LogP) is 3.60. The van der Waals surface area contributed by atoms with Crippen LogP contribution >= 0.6 is 11.8 Å². The highest BCUT2D eigenvalue weighted by Crippen LogP contribution is 2.25. The molecule has 1 unspecified atom stereocenters. The summed E-state index contributed by atoms with van der Waals surface area (Å²) < 4.78 is 20.2. The van der Waals surface area contributed by atoms with Crippen molar-refractivity contribution in [2.75, 3.05) is 18.1 Å². The smallest absolute Gasteiger partial charge is 0.265 e. The topological polar surface area (TPSA) is 50.4 Å². The zero-order chi connectivity index (χ0) is 17.8. The molecule has 1 aliphatic heterocycles. The van der Waals surface area contributed by atoms with Gasteiger partial charge in [0, 0.05) is 11.4 Å². The summed E-state index contributed by atoms with van der Waals surface area (Å²) in [7, 11) is 0. The predicted molar refractivity (Wildman–Crippen MR) is 98.8 cm³/mol. The Morgan fingerprint density at radius 1 is 1.28 bits per heavy atom. The van der Waals surface area contributed by atoms with E-state index in [1.807, 2.05) is 36.6 Å². The fourth-order valence-electron chi connectivity index (χ4n) is 2.78. The summed E-state index contributed by atoms with van der Waals surface area (Å²) in [5, 5.41) is 5.85. The molecule has 2 aromatic carbocycles. The van der Waals surface area contributed by atoms with Crippen molar-refractivity contribution in [3.8, 4) is 5.75 Å². The lowest BCUT2D eigenvalue weighted by Gasteiger charge is -2.20. The fourth-order valence-corrected chi connectivity index (χ4v) is 3.18. The van der Waals surface area contributed by atoms with Crippen molar-refractivity contribution >= 4 is 23.4 Å². The molecule has 2 N–H and O–H groups in total. The number of hydrogen-bond acceptors (Lipinski definition) is 4. The van der Waals surface area contributed by atoms with Crippen molar-refractivity contribution in [1.29, 1.82) is 0 Å². The summed E-state index contributed by atoms with van der Waals surface area (Å²) in [5.41, 5.74) is 1.83. The van der Waals surface area contributed by atoms with Crippen LogP contribution in [0.15, 0.2) is 41.3 Å². The first-order chi connectivity index (χ1) is 12.1. The third-order valence-corrected chi connectivity index (χ3v) is 4.95. The molecule has 0 aromatic heterocycles. The van der Waals surface area contributed by atoms with Gasteiger partial charge in [0.1, 0.15) is 11.6 Å². The van der Waals surface area contributed by atoms with Gasteiger partial charge in [0.25, 0.3) is 5.91 Å². The first kappa shape index (κ1) is 17.8. The lowest BCUT2D eigenvalue weighted by molar-refractivity contribution is -0.122. The van der Waals surface area contributed by atoms with Crippen molar-refractivity contribution in [3.05, 3.63) is 53.3 Å². The number of fused-ring (bicyclic) bond motifs is 1. The molecule has 4 nitrogen and oxygen atoms in total. The molecule has 0 bridgehead atoms. The standard InChI is InChI=1S/C19H21FN2O2S/c1-12(24-14-4-6-15(25-2)7-5-14)19(23)22-17-8-3-13-11-21-10-9-16(13)18(17)20/h3-8,12,21H,9-11H2,1-2H3,(H,22,23). The second kappa shape index (κ2) is 7.89. The lowest BCUT2D eigenvalue weighted by Crippen LogP contribution is -2.31. The number of benzene rings is 2. The summed E-state index contributed by atoms with van der Waals surface area (Å²) in [5.74, 6) is -0.108. The number of thioether (sulfide) groups is 1. The summed E-state index contributed by atoms with van der Waals surface area (Å²) in [6, 6.07) is 11.0. The van der Waals surface area contributed by atoms with E-state index in [2.05, 4.69) is 10.6 Å². The Balaban J connectivity index is 1.66.